The summed E-state index contributed by atoms with van der Waals surface area (Å²) in [7, 11) is 0. The van der Waals surface area contributed by atoms with Crippen LogP contribution in [-0.4, -0.2) is 6.21 Å². The first-order valence-corrected chi connectivity index (χ1v) is 7.46. The van der Waals surface area contributed by atoms with Gasteiger partial charge in [-0.2, -0.15) is 0 Å². The molecule has 0 aliphatic rings. The zero-order valence-electron chi connectivity index (χ0n) is 12.8. The molecular weight excluding hydrogens is 308 g/mol. The molecule has 0 heterocycles. The van der Waals surface area contributed by atoms with Gasteiger partial charge in [-0.05, 0) is 42.0 Å². The summed E-state index contributed by atoms with van der Waals surface area (Å²) in [4.78, 5) is 4.13. The van der Waals surface area contributed by atoms with Crippen molar-refractivity contribution in [1.82, 2.24) is 0 Å². The lowest BCUT2D eigenvalue weighted by molar-refractivity contribution is 0.304. The SMILES string of the molecule is Fc1ccc(N=Cc2ccc(OCc3ccccc3)cc2F)cc1. The van der Waals surface area contributed by atoms with Crippen molar-refractivity contribution in [2.45, 2.75) is 6.61 Å². The van der Waals surface area contributed by atoms with Crippen LogP contribution in [0.4, 0.5) is 14.5 Å². The molecule has 3 aromatic carbocycles. The van der Waals surface area contributed by atoms with E-state index in [1.165, 1.54) is 36.5 Å². The molecule has 0 unspecified atom stereocenters. The molecule has 0 saturated heterocycles. The quantitative estimate of drug-likeness (QED) is 0.584. The Morgan fingerprint density at radius 1 is 0.875 bits per heavy atom. The molecule has 0 radical (unpaired) electrons. The van der Waals surface area contributed by atoms with Gasteiger partial charge in [0.15, 0.2) is 0 Å². The smallest absolute Gasteiger partial charge is 0.135 e. The van der Waals surface area contributed by atoms with E-state index in [1.807, 2.05) is 30.3 Å². The number of hydrogen-bond donors (Lipinski definition) is 0. The summed E-state index contributed by atoms with van der Waals surface area (Å²) in [5.41, 5.74) is 1.91. The predicted octanol–water partition coefficient (Wildman–Crippen LogP) is 5.29. The van der Waals surface area contributed by atoms with E-state index < -0.39 is 5.82 Å². The van der Waals surface area contributed by atoms with E-state index in [4.69, 9.17) is 4.74 Å². The lowest BCUT2D eigenvalue weighted by Gasteiger charge is -2.07. The maximum absolute atomic E-state index is 14.1. The number of benzene rings is 3. The standard InChI is InChI=1S/C20H15F2NO/c21-17-7-9-18(10-8-17)23-13-16-6-11-19(12-20(16)22)24-14-15-4-2-1-3-5-15/h1-13H,14H2. The van der Waals surface area contributed by atoms with Crippen LogP contribution in [0.25, 0.3) is 0 Å². The average Bonchev–Trinajstić information content (AvgIpc) is 2.61. The Morgan fingerprint density at radius 2 is 1.62 bits per heavy atom. The van der Waals surface area contributed by atoms with Gasteiger partial charge in [-0.1, -0.05) is 30.3 Å². The van der Waals surface area contributed by atoms with E-state index in [-0.39, 0.29) is 5.82 Å². The second-order valence-corrected chi connectivity index (χ2v) is 5.19. The Balaban J connectivity index is 1.67. The van der Waals surface area contributed by atoms with Crippen LogP contribution < -0.4 is 4.74 Å². The molecule has 0 saturated carbocycles. The highest BCUT2D eigenvalue weighted by Crippen LogP contribution is 2.18. The molecule has 4 heteroatoms. The number of rotatable bonds is 5. The fourth-order valence-electron chi connectivity index (χ4n) is 2.11. The highest BCUT2D eigenvalue weighted by atomic mass is 19.1. The maximum atomic E-state index is 14.1. The Kier molecular flexibility index (Phi) is 4.96. The first-order valence-electron chi connectivity index (χ1n) is 7.46. The minimum Gasteiger partial charge on any atom is -0.489 e. The van der Waals surface area contributed by atoms with Crippen molar-refractivity contribution in [3.05, 3.63) is 95.6 Å². The van der Waals surface area contributed by atoms with Crippen LogP contribution in [0, 0.1) is 11.6 Å². The van der Waals surface area contributed by atoms with Crippen LogP contribution in [0.5, 0.6) is 5.75 Å². The molecule has 120 valence electrons. The van der Waals surface area contributed by atoms with Gasteiger partial charge in [-0.3, -0.25) is 4.99 Å². The van der Waals surface area contributed by atoms with Gasteiger partial charge in [0.1, 0.15) is 24.0 Å². The molecular formula is C20H15F2NO. The molecule has 0 aromatic heterocycles. The molecule has 0 bridgehead atoms. The van der Waals surface area contributed by atoms with E-state index in [0.717, 1.165) is 5.56 Å². The summed E-state index contributed by atoms with van der Waals surface area (Å²) in [6, 6.07) is 20.0. The third-order valence-electron chi connectivity index (χ3n) is 3.40. The second-order valence-electron chi connectivity index (χ2n) is 5.19. The lowest BCUT2D eigenvalue weighted by atomic mass is 10.2. The van der Waals surface area contributed by atoms with Crippen molar-refractivity contribution in [2.75, 3.05) is 0 Å². The van der Waals surface area contributed by atoms with Gasteiger partial charge < -0.3 is 4.74 Å². The van der Waals surface area contributed by atoms with E-state index >= 15 is 0 Å². The van der Waals surface area contributed by atoms with Crippen LogP contribution in [0.15, 0.2) is 77.8 Å². The van der Waals surface area contributed by atoms with E-state index in [9.17, 15) is 8.78 Å². The second kappa shape index (κ2) is 7.51. The van der Waals surface area contributed by atoms with Crippen LogP contribution in [-0.2, 0) is 6.61 Å². The van der Waals surface area contributed by atoms with Crippen LogP contribution in [0.3, 0.4) is 0 Å². The highest BCUT2D eigenvalue weighted by Gasteiger charge is 2.03. The van der Waals surface area contributed by atoms with Gasteiger partial charge in [0, 0.05) is 17.8 Å². The number of halogens is 2. The first-order chi connectivity index (χ1) is 11.7. The normalized spacial score (nSPS) is 10.9. The van der Waals surface area contributed by atoms with Gasteiger partial charge in [0.2, 0.25) is 0 Å². The molecule has 3 rings (SSSR count). The number of nitrogens with zero attached hydrogens (tertiary/aromatic N) is 1. The minimum absolute atomic E-state index is 0.333. The van der Waals surface area contributed by atoms with E-state index in [0.29, 0.717) is 23.6 Å². The highest BCUT2D eigenvalue weighted by molar-refractivity contribution is 5.82. The maximum Gasteiger partial charge on any atom is 0.135 e. The molecule has 0 aliphatic carbocycles. The number of aliphatic imine (C=N–C) groups is 1. The van der Waals surface area contributed by atoms with E-state index in [2.05, 4.69) is 4.99 Å². The van der Waals surface area contributed by atoms with Crippen LogP contribution >= 0.6 is 0 Å². The van der Waals surface area contributed by atoms with Gasteiger partial charge in [0.25, 0.3) is 0 Å². The summed E-state index contributed by atoms with van der Waals surface area (Å²) < 4.78 is 32.5. The summed E-state index contributed by atoms with van der Waals surface area (Å²) in [5.74, 6) is -0.304. The van der Waals surface area contributed by atoms with Gasteiger partial charge >= 0.3 is 0 Å². The largest absolute Gasteiger partial charge is 0.489 e. The van der Waals surface area contributed by atoms with Crippen molar-refractivity contribution in [3.63, 3.8) is 0 Å². The average molecular weight is 323 g/mol. The summed E-state index contributed by atoms with van der Waals surface area (Å²) in [6.45, 7) is 0.378. The molecule has 24 heavy (non-hydrogen) atoms. The van der Waals surface area contributed by atoms with Crippen molar-refractivity contribution < 1.29 is 13.5 Å². The summed E-state index contributed by atoms with van der Waals surface area (Å²) in [5, 5.41) is 0. The molecule has 2 nitrogen and oxygen atoms in total. The zero-order valence-corrected chi connectivity index (χ0v) is 12.8. The molecule has 0 N–H and O–H groups in total. The Bertz CT molecular complexity index is 830. The van der Waals surface area contributed by atoms with Crippen LogP contribution in [0.1, 0.15) is 11.1 Å². The predicted molar refractivity (Wildman–Crippen MR) is 90.8 cm³/mol. The van der Waals surface area contributed by atoms with Crippen molar-refractivity contribution in [1.29, 1.82) is 0 Å². The molecule has 3 aromatic rings. The van der Waals surface area contributed by atoms with E-state index in [1.54, 1.807) is 12.1 Å². The molecule has 0 atom stereocenters. The third-order valence-corrected chi connectivity index (χ3v) is 3.40. The molecule has 0 amide bonds. The third kappa shape index (κ3) is 4.26. The fourth-order valence-corrected chi connectivity index (χ4v) is 2.11. The van der Waals surface area contributed by atoms with Crippen LogP contribution in [0.2, 0.25) is 0 Å². The number of ether oxygens (including phenoxy) is 1. The zero-order chi connectivity index (χ0) is 16.8. The lowest BCUT2D eigenvalue weighted by Crippen LogP contribution is -1.96. The fraction of sp³-hybridized carbons (Fsp3) is 0.0500. The Morgan fingerprint density at radius 3 is 2.33 bits per heavy atom. The molecule has 0 spiro atoms. The van der Waals surface area contributed by atoms with Crippen molar-refractivity contribution in [2.24, 2.45) is 4.99 Å². The molecule has 0 fully saturated rings. The Hall–Kier alpha value is -3.01. The number of hydrogen-bond acceptors (Lipinski definition) is 2. The van der Waals surface area contributed by atoms with Crippen molar-refractivity contribution in [3.8, 4) is 5.75 Å². The van der Waals surface area contributed by atoms with Gasteiger partial charge in [0.05, 0.1) is 5.69 Å². The van der Waals surface area contributed by atoms with Gasteiger partial charge in [-0.15, -0.1) is 0 Å². The van der Waals surface area contributed by atoms with Crippen molar-refractivity contribution >= 4 is 11.9 Å². The Labute approximate surface area is 139 Å². The topological polar surface area (TPSA) is 21.6 Å². The minimum atomic E-state index is -0.425. The summed E-state index contributed by atoms with van der Waals surface area (Å²) in [6.07, 6.45) is 1.41. The first kappa shape index (κ1) is 15.9. The van der Waals surface area contributed by atoms with Gasteiger partial charge in [-0.25, -0.2) is 8.78 Å². The molecule has 0 aliphatic heterocycles. The monoisotopic (exact) mass is 323 g/mol. The summed E-state index contributed by atoms with van der Waals surface area (Å²) >= 11 is 0.